The zero-order chi connectivity index (χ0) is 19.8. The minimum Gasteiger partial charge on any atom is -0.375 e. The van der Waals surface area contributed by atoms with E-state index in [0.717, 1.165) is 5.56 Å². The lowest BCUT2D eigenvalue weighted by atomic mass is 10.2. The van der Waals surface area contributed by atoms with E-state index < -0.39 is 11.7 Å². The third-order valence-electron chi connectivity index (χ3n) is 3.88. The summed E-state index contributed by atoms with van der Waals surface area (Å²) in [5, 5.41) is 7.09. The van der Waals surface area contributed by atoms with Gasteiger partial charge in [-0.3, -0.25) is 9.48 Å². The van der Waals surface area contributed by atoms with Crippen molar-refractivity contribution in [3.63, 3.8) is 0 Å². The van der Waals surface area contributed by atoms with Gasteiger partial charge >= 0.3 is 0 Å². The number of anilines is 1. The zero-order valence-corrected chi connectivity index (χ0v) is 15.8. The molecule has 0 aliphatic heterocycles. The molecular weight excluding hydrogens is 381 g/mol. The zero-order valence-electron chi connectivity index (χ0n) is 15.0. The van der Waals surface area contributed by atoms with Crippen LogP contribution >= 0.6 is 11.6 Å². The van der Waals surface area contributed by atoms with E-state index in [4.69, 9.17) is 16.3 Å². The molecule has 2 aromatic carbocycles. The first-order valence-corrected chi connectivity index (χ1v) is 9.07. The number of amides is 1. The van der Waals surface area contributed by atoms with Gasteiger partial charge in [-0.25, -0.2) is 4.39 Å². The van der Waals surface area contributed by atoms with E-state index in [1.807, 2.05) is 30.3 Å². The molecule has 0 unspecified atom stereocenters. The number of carbonyl (C=O) groups is 1. The van der Waals surface area contributed by atoms with Crippen molar-refractivity contribution in [3.8, 4) is 0 Å². The van der Waals surface area contributed by atoms with Crippen LogP contribution < -0.4 is 5.32 Å². The van der Waals surface area contributed by atoms with Crippen molar-refractivity contribution in [1.82, 2.24) is 9.78 Å². The van der Waals surface area contributed by atoms with Gasteiger partial charge in [0.2, 0.25) is 5.91 Å². The molecule has 7 heteroatoms. The molecule has 28 heavy (non-hydrogen) atoms. The molecule has 1 heterocycles. The Hall–Kier alpha value is -2.96. The van der Waals surface area contributed by atoms with Gasteiger partial charge in [0.25, 0.3) is 0 Å². The van der Waals surface area contributed by atoms with Crippen molar-refractivity contribution >= 4 is 29.3 Å². The fourth-order valence-corrected chi connectivity index (χ4v) is 2.71. The average Bonchev–Trinajstić information content (AvgIpc) is 3.13. The lowest BCUT2D eigenvalue weighted by molar-refractivity contribution is -0.111. The number of hydrogen-bond donors (Lipinski definition) is 1. The van der Waals surface area contributed by atoms with E-state index in [1.165, 1.54) is 24.3 Å². The Morgan fingerprint density at radius 1 is 1.21 bits per heavy atom. The Kier molecular flexibility index (Phi) is 6.94. The van der Waals surface area contributed by atoms with Gasteiger partial charge in [0.05, 0.1) is 36.7 Å². The standard InChI is InChI=1S/C21H19ClFN3O2/c22-19-7-4-8-20(23)18(19)9-10-21(27)25-17-13-24-26(14-17)11-12-28-15-16-5-2-1-3-6-16/h1-10,13-14H,11-12,15H2,(H,25,27). The Morgan fingerprint density at radius 3 is 2.82 bits per heavy atom. The second-order valence-electron chi connectivity index (χ2n) is 5.99. The molecule has 0 saturated heterocycles. The highest BCUT2D eigenvalue weighted by Crippen LogP contribution is 2.20. The molecule has 3 rings (SSSR count). The van der Waals surface area contributed by atoms with Crippen molar-refractivity contribution in [3.05, 3.63) is 89.0 Å². The quantitative estimate of drug-likeness (QED) is 0.446. The van der Waals surface area contributed by atoms with Gasteiger partial charge in [-0.2, -0.15) is 5.10 Å². The normalized spacial score (nSPS) is 11.1. The maximum absolute atomic E-state index is 13.7. The number of aromatic nitrogens is 2. The minimum absolute atomic E-state index is 0.172. The molecule has 0 aliphatic rings. The Balaban J connectivity index is 1.46. The topological polar surface area (TPSA) is 56.2 Å². The third kappa shape index (κ3) is 5.77. The highest BCUT2D eigenvalue weighted by molar-refractivity contribution is 6.32. The van der Waals surface area contributed by atoms with Gasteiger partial charge < -0.3 is 10.1 Å². The van der Waals surface area contributed by atoms with E-state index in [9.17, 15) is 9.18 Å². The van der Waals surface area contributed by atoms with Crippen LogP contribution in [0.25, 0.3) is 6.08 Å². The summed E-state index contributed by atoms with van der Waals surface area (Å²) in [7, 11) is 0. The molecule has 0 bridgehead atoms. The Labute approximate surface area is 167 Å². The highest BCUT2D eigenvalue weighted by atomic mass is 35.5. The summed E-state index contributed by atoms with van der Waals surface area (Å²) in [5.74, 6) is -0.890. The fourth-order valence-electron chi connectivity index (χ4n) is 2.49. The van der Waals surface area contributed by atoms with Crippen molar-refractivity contribution in [1.29, 1.82) is 0 Å². The Bertz CT molecular complexity index is 937. The van der Waals surface area contributed by atoms with Crippen LogP contribution in [0.3, 0.4) is 0 Å². The summed E-state index contributed by atoms with van der Waals surface area (Å²) in [4.78, 5) is 12.0. The summed E-state index contributed by atoms with van der Waals surface area (Å²) >= 11 is 5.93. The lowest BCUT2D eigenvalue weighted by Gasteiger charge is -2.04. The second kappa shape index (κ2) is 9.82. The number of benzene rings is 2. The molecule has 1 amide bonds. The lowest BCUT2D eigenvalue weighted by Crippen LogP contribution is -2.08. The predicted octanol–water partition coefficient (Wildman–Crippen LogP) is 4.54. The van der Waals surface area contributed by atoms with E-state index in [2.05, 4.69) is 10.4 Å². The van der Waals surface area contributed by atoms with Crippen molar-refractivity contribution in [2.75, 3.05) is 11.9 Å². The van der Waals surface area contributed by atoms with E-state index in [1.54, 1.807) is 23.1 Å². The van der Waals surface area contributed by atoms with Gasteiger partial charge in [-0.1, -0.05) is 48.0 Å². The molecule has 0 atom stereocenters. The number of halogens is 2. The molecule has 0 saturated carbocycles. The molecule has 3 aromatic rings. The SMILES string of the molecule is O=C(C=Cc1c(F)cccc1Cl)Nc1cnn(CCOCc2ccccc2)c1. The average molecular weight is 400 g/mol. The summed E-state index contributed by atoms with van der Waals surface area (Å²) in [5.41, 5.74) is 1.82. The maximum Gasteiger partial charge on any atom is 0.248 e. The number of nitrogens with zero attached hydrogens (tertiary/aromatic N) is 2. The van der Waals surface area contributed by atoms with Gasteiger partial charge in [0.15, 0.2) is 0 Å². The molecule has 0 spiro atoms. The molecule has 0 aliphatic carbocycles. The van der Waals surface area contributed by atoms with Crippen molar-refractivity contribution < 1.29 is 13.9 Å². The maximum atomic E-state index is 13.7. The number of rotatable bonds is 8. The van der Waals surface area contributed by atoms with E-state index in [-0.39, 0.29) is 10.6 Å². The van der Waals surface area contributed by atoms with Crippen LogP contribution in [0.1, 0.15) is 11.1 Å². The molecule has 0 fully saturated rings. The van der Waals surface area contributed by atoms with Crippen LogP contribution in [0.5, 0.6) is 0 Å². The number of hydrogen-bond acceptors (Lipinski definition) is 3. The first-order chi connectivity index (χ1) is 13.6. The number of nitrogens with one attached hydrogen (secondary N) is 1. The largest absolute Gasteiger partial charge is 0.375 e. The van der Waals surface area contributed by atoms with Gasteiger partial charge in [-0.15, -0.1) is 0 Å². The number of carbonyl (C=O) groups excluding carboxylic acids is 1. The second-order valence-corrected chi connectivity index (χ2v) is 6.40. The van der Waals surface area contributed by atoms with Crippen LogP contribution in [0, 0.1) is 5.82 Å². The van der Waals surface area contributed by atoms with Crippen LogP contribution in [0.4, 0.5) is 10.1 Å². The van der Waals surface area contributed by atoms with E-state index >= 15 is 0 Å². The minimum atomic E-state index is -0.486. The molecule has 144 valence electrons. The molecule has 5 nitrogen and oxygen atoms in total. The van der Waals surface area contributed by atoms with Crippen LogP contribution in [-0.4, -0.2) is 22.3 Å². The summed E-state index contributed by atoms with van der Waals surface area (Å²) in [6.07, 6.45) is 5.81. The van der Waals surface area contributed by atoms with Gasteiger partial charge in [-0.05, 0) is 23.8 Å². The summed E-state index contributed by atoms with van der Waals surface area (Å²) in [6.45, 7) is 1.59. The van der Waals surface area contributed by atoms with Crippen LogP contribution in [0.15, 0.2) is 67.0 Å². The predicted molar refractivity (Wildman–Crippen MR) is 107 cm³/mol. The molecular formula is C21H19ClFN3O2. The first kappa shape index (κ1) is 19.8. The number of ether oxygens (including phenoxy) is 1. The summed E-state index contributed by atoms with van der Waals surface area (Å²) in [6, 6.07) is 14.3. The van der Waals surface area contributed by atoms with Crippen LogP contribution in [-0.2, 0) is 22.7 Å². The van der Waals surface area contributed by atoms with E-state index in [0.29, 0.717) is 25.4 Å². The molecule has 1 aromatic heterocycles. The molecule has 1 N–H and O–H groups in total. The third-order valence-corrected chi connectivity index (χ3v) is 4.21. The van der Waals surface area contributed by atoms with Crippen molar-refractivity contribution in [2.24, 2.45) is 0 Å². The highest BCUT2D eigenvalue weighted by Gasteiger charge is 2.05. The van der Waals surface area contributed by atoms with Crippen LogP contribution in [0.2, 0.25) is 5.02 Å². The monoisotopic (exact) mass is 399 g/mol. The first-order valence-electron chi connectivity index (χ1n) is 8.69. The van der Waals surface area contributed by atoms with Gasteiger partial charge in [0.1, 0.15) is 5.82 Å². The van der Waals surface area contributed by atoms with Crippen molar-refractivity contribution in [2.45, 2.75) is 13.2 Å². The smallest absolute Gasteiger partial charge is 0.248 e. The molecule has 0 radical (unpaired) electrons. The van der Waals surface area contributed by atoms with Gasteiger partial charge in [0, 0.05) is 17.8 Å². The Morgan fingerprint density at radius 2 is 2.04 bits per heavy atom. The fraction of sp³-hybridized carbons (Fsp3) is 0.143. The summed E-state index contributed by atoms with van der Waals surface area (Å²) < 4.78 is 21.0.